The summed E-state index contributed by atoms with van der Waals surface area (Å²) in [4.78, 5) is 0. The van der Waals surface area contributed by atoms with E-state index in [0.29, 0.717) is 0 Å². The molecule has 11 rings (SSSR count). The SMILES string of the molecule is c1ccc(-c2ccc(-c3c4ccccc4c(-c4ccc5sc6cc7ccc8sc9ccccc9c8c7cc6c5c4)c4ccccc34)cc2)cc1. The lowest BCUT2D eigenvalue weighted by Gasteiger charge is -2.18. The highest BCUT2D eigenvalue weighted by atomic mass is 32.1. The van der Waals surface area contributed by atoms with Gasteiger partial charge in [0, 0.05) is 40.3 Å². The maximum atomic E-state index is 2.47. The van der Waals surface area contributed by atoms with Crippen LogP contribution in [0.15, 0.2) is 170 Å². The third kappa shape index (κ3) is 4.16. The second kappa shape index (κ2) is 10.9. The Morgan fingerprint density at radius 3 is 1.48 bits per heavy atom. The molecule has 0 saturated carbocycles. The van der Waals surface area contributed by atoms with Gasteiger partial charge in [0.2, 0.25) is 0 Å². The summed E-state index contributed by atoms with van der Waals surface area (Å²) in [6.07, 6.45) is 0. The van der Waals surface area contributed by atoms with Crippen LogP contribution in [-0.2, 0) is 0 Å². The molecular weight excluding hydrogens is 641 g/mol. The largest absolute Gasteiger partial charge is 0.135 e. The molecule has 50 heavy (non-hydrogen) atoms. The maximum absolute atomic E-state index is 2.47. The van der Waals surface area contributed by atoms with Gasteiger partial charge in [0.1, 0.15) is 0 Å². The molecule has 232 valence electrons. The van der Waals surface area contributed by atoms with E-state index in [-0.39, 0.29) is 0 Å². The first kappa shape index (κ1) is 28.1. The van der Waals surface area contributed by atoms with Crippen molar-refractivity contribution in [2.24, 2.45) is 0 Å². The summed E-state index contributed by atoms with van der Waals surface area (Å²) in [5.74, 6) is 0. The van der Waals surface area contributed by atoms with Crippen LogP contribution in [0.25, 0.3) is 106 Å². The summed E-state index contributed by atoms with van der Waals surface area (Å²) in [6.45, 7) is 0. The molecule has 0 radical (unpaired) electrons. The Labute approximate surface area is 297 Å². The molecule has 2 heteroatoms. The molecule has 0 fully saturated rings. The first-order valence-corrected chi connectivity index (χ1v) is 18.7. The highest BCUT2D eigenvalue weighted by Crippen LogP contribution is 2.47. The van der Waals surface area contributed by atoms with Gasteiger partial charge < -0.3 is 0 Å². The average molecular weight is 669 g/mol. The second-order valence-electron chi connectivity index (χ2n) is 13.2. The quantitative estimate of drug-likeness (QED) is 0.164. The molecule has 11 aromatic rings. The van der Waals surface area contributed by atoms with E-state index in [4.69, 9.17) is 0 Å². The van der Waals surface area contributed by atoms with E-state index < -0.39 is 0 Å². The minimum atomic E-state index is 1.23. The molecule has 0 atom stereocenters. The Balaban J connectivity index is 1.15. The van der Waals surface area contributed by atoms with E-state index in [1.807, 2.05) is 22.7 Å². The second-order valence-corrected chi connectivity index (χ2v) is 15.4. The van der Waals surface area contributed by atoms with E-state index in [1.165, 1.54) is 106 Å². The molecule has 0 unspecified atom stereocenters. The summed E-state index contributed by atoms with van der Waals surface area (Å²) in [5.41, 5.74) is 7.56. The van der Waals surface area contributed by atoms with Crippen LogP contribution in [0.1, 0.15) is 0 Å². The zero-order valence-corrected chi connectivity index (χ0v) is 28.6. The van der Waals surface area contributed by atoms with E-state index in [0.717, 1.165) is 0 Å². The van der Waals surface area contributed by atoms with Gasteiger partial charge in [0.25, 0.3) is 0 Å². The van der Waals surface area contributed by atoms with Crippen LogP contribution < -0.4 is 0 Å². The molecular formula is C48H28S2. The first-order chi connectivity index (χ1) is 24.8. The smallest absolute Gasteiger partial charge is 0.0361 e. The molecule has 0 nitrogen and oxygen atoms in total. The van der Waals surface area contributed by atoms with Crippen molar-refractivity contribution in [3.8, 4) is 33.4 Å². The number of fused-ring (bicyclic) bond motifs is 10. The molecule has 9 aromatic carbocycles. The Hall–Kier alpha value is -5.80. The van der Waals surface area contributed by atoms with Crippen molar-refractivity contribution in [1.82, 2.24) is 0 Å². The summed E-state index contributed by atoms with van der Waals surface area (Å²) in [5, 5.41) is 13.2. The number of rotatable bonds is 3. The summed E-state index contributed by atoms with van der Waals surface area (Å²) >= 11 is 3.79. The van der Waals surface area contributed by atoms with Gasteiger partial charge in [-0.25, -0.2) is 0 Å². The summed E-state index contributed by atoms with van der Waals surface area (Å²) in [7, 11) is 0. The Morgan fingerprint density at radius 1 is 0.260 bits per heavy atom. The Morgan fingerprint density at radius 2 is 0.760 bits per heavy atom. The highest BCUT2D eigenvalue weighted by molar-refractivity contribution is 7.26. The van der Waals surface area contributed by atoms with E-state index in [2.05, 4.69) is 170 Å². The molecule has 0 N–H and O–H groups in total. The van der Waals surface area contributed by atoms with Crippen LogP contribution >= 0.6 is 22.7 Å². The van der Waals surface area contributed by atoms with Crippen molar-refractivity contribution in [3.63, 3.8) is 0 Å². The van der Waals surface area contributed by atoms with Gasteiger partial charge in [0.15, 0.2) is 0 Å². The number of hydrogen-bond acceptors (Lipinski definition) is 2. The predicted octanol–water partition coefficient (Wildman–Crippen LogP) is 14.9. The van der Waals surface area contributed by atoms with Gasteiger partial charge in [-0.05, 0) is 102 Å². The fourth-order valence-electron chi connectivity index (χ4n) is 8.18. The van der Waals surface area contributed by atoms with Gasteiger partial charge in [0.05, 0.1) is 0 Å². The summed E-state index contributed by atoms with van der Waals surface area (Å²) < 4.78 is 5.37. The van der Waals surface area contributed by atoms with Crippen molar-refractivity contribution in [2.75, 3.05) is 0 Å². The Kier molecular flexibility index (Phi) is 6.09. The number of thiophene rings is 2. The van der Waals surface area contributed by atoms with Gasteiger partial charge >= 0.3 is 0 Å². The normalized spacial score (nSPS) is 12.0. The summed E-state index contributed by atoms with van der Waals surface area (Å²) in [6, 6.07) is 63.1. The fraction of sp³-hybridized carbons (Fsp3) is 0. The zero-order valence-electron chi connectivity index (χ0n) is 27.0. The van der Waals surface area contributed by atoms with Crippen LogP contribution in [-0.4, -0.2) is 0 Å². The zero-order chi connectivity index (χ0) is 32.8. The van der Waals surface area contributed by atoms with Crippen molar-refractivity contribution in [3.05, 3.63) is 170 Å². The molecule has 0 bridgehead atoms. The van der Waals surface area contributed by atoms with Gasteiger partial charge in [-0.15, -0.1) is 22.7 Å². The highest BCUT2D eigenvalue weighted by Gasteiger charge is 2.18. The maximum Gasteiger partial charge on any atom is 0.0361 e. The number of benzene rings is 9. The standard InChI is InChI=1S/C48H28S2/c1-2-10-29(11-3-1)30-18-20-31(21-19-30)46-34-12-4-6-14-36(34)47(37-15-7-5-13-35(37)46)33-23-24-43-40(26-33)41-28-39-32(27-45(41)50-43)22-25-44-48(39)38-16-8-9-17-42(38)49-44/h1-28H. The predicted molar refractivity (Wildman–Crippen MR) is 221 cm³/mol. The molecule has 0 aliphatic heterocycles. The van der Waals surface area contributed by atoms with Crippen molar-refractivity contribution < 1.29 is 0 Å². The minimum Gasteiger partial charge on any atom is -0.135 e. The molecule has 0 spiro atoms. The molecule has 0 saturated heterocycles. The van der Waals surface area contributed by atoms with E-state index >= 15 is 0 Å². The lowest BCUT2D eigenvalue weighted by atomic mass is 9.85. The van der Waals surface area contributed by atoms with Crippen molar-refractivity contribution >= 4 is 95.3 Å². The number of hydrogen-bond donors (Lipinski definition) is 0. The third-order valence-electron chi connectivity index (χ3n) is 10.4. The van der Waals surface area contributed by atoms with E-state index in [1.54, 1.807) is 0 Å². The lowest BCUT2D eigenvalue weighted by Crippen LogP contribution is -1.91. The topological polar surface area (TPSA) is 0 Å². The first-order valence-electron chi connectivity index (χ1n) is 17.1. The van der Waals surface area contributed by atoms with Crippen LogP contribution in [0.3, 0.4) is 0 Å². The minimum absolute atomic E-state index is 1.23. The molecule has 2 heterocycles. The van der Waals surface area contributed by atoms with Crippen molar-refractivity contribution in [1.29, 1.82) is 0 Å². The lowest BCUT2D eigenvalue weighted by molar-refractivity contribution is 1.61. The average Bonchev–Trinajstić information content (AvgIpc) is 3.74. The van der Waals surface area contributed by atoms with Gasteiger partial charge in [-0.3, -0.25) is 0 Å². The monoisotopic (exact) mass is 668 g/mol. The van der Waals surface area contributed by atoms with Crippen molar-refractivity contribution in [2.45, 2.75) is 0 Å². The fourth-order valence-corrected chi connectivity index (χ4v) is 10.4. The van der Waals surface area contributed by atoms with E-state index in [9.17, 15) is 0 Å². The van der Waals surface area contributed by atoms with Crippen LogP contribution in [0.5, 0.6) is 0 Å². The molecule has 2 aromatic heterocycles. The molecule has 0 aliphatic carbocycles. The van der Waals surface area contributed by atoms with Crippen LogP contribution in [0.4, 0.5) is 0 Å². The molecule has 0 amide bonds. The van der Waals surface area contributed by atoms with Gasteiger partial charge in [-0.2, -0.15) is 0 Å². The van der Waals surface area contributed by atoms with Gasteiger partial charge in [-0.1, -0.05) is 133 Å². The third-order valence-corrected chi connectivity index (χ3v) is 12.7. The Bertz CT molecular complexity index is 3070. The van der Waals surface area contributed by atoms with Crippen LogP contribution in [0, 0.1) is 0 Å². The molecule has 0 aliphatic rings. The van der Waals surface area contributed by atoms with Crippen LogP contribution in [0.2, 0.25) is 0 Å².